The Morgan fingerprint density at radius 2 is 1.35 bits per heavy atom. The van der Waals surface area contributed by atoms with Crippen LogP contribution in [0.25, 0.3) is 0 Å². The monoisotopic (exact) mass is 414 g/mol. The highest BCUT2D eigenvalue weighted by Gasteiger charge is 2.36. The van der Waals surface area contributed by atoms with Crippen LogP contribution in [0.5, 0.6) is 0 Å². The maximum Gasteiger partial charge on any atom is 0.202 e. The van der Waals surface area contributed by atoms with E-state index in [9.17, 15) is 0 Å². The molecule has 0 N–H and O–H groups in total. The molecular formula is C27H30N2O2. The molecule has 3 aromatic rings. The average Bonchev–Trinajstić information content (AvgIpc) is 3.24. The molecule has 0 aliphatic carbocycles. The zero-order chi connectivity index (χ0) is 21.5. The van der Waals surface area contributed by atoms with Crippen molar-refractivity contribution in [1.29, 1.82) is 0 Å². The fourth-order valence-corrected chi connectivity index (χ4v) is 4.03. The molecule has 0 unspecified atom stereocenters. The molecule has 1 aliphatic heterocycles. The molecule has 1 aliphatic rings. The molecule has 0 bridgehead atoms. The highest BCUT2D eigenvalue weighted by atomic mass is 16.5. The highest BCUT2D eigenvalue weighted by molar-refractivity contribution is 5.83. The third kappa shape index (κ3) is 5.40. The summed E-state index contributed by atoms with van der Waals surface area (Å²) in [7, 11) is 1.72. The van der Waals surface area contributed by atoms with E-state index < -0.39 is 0 Å². The number of benzene rings is 3. The Bertz CT molecular complexity index is 919. The summed E-state index contributed by atoms with van der Waals surface area (Å²) in [4.78, 5) is 7.38. The summed E-state index contributed by atoms with van der Waals surface area (Å²) in [5.41, 5.74) is 3.68. The van der Waals surface area contributed by atoms with Gasteiger partial charge in [-0.25, -0.2) is 4.99 Å². The lowest BCUT2D eigenvalue weighted by molar-refractivity contribution is 0.111. The zero-order valence-electron chi connectivity index (χ0n) is 18.2. The van der Waals surface area contributed by atoms with Crippen LogP contribution in [0.3, 0.4) is 0 Å². The van der Waals surface area contributed by atoms with Gasteiger partial charge >= 0.3 is 0 Å². The fourth-order valence-electron chi connectivity index (χ4n) is 4.03. The summed E-state index contributed by atoms with van der Waals surface area (Å²) in [6.07, 6.45) is -0.117. The van der Waals surface area contributed by atoms with E-state index in [-0.39, 0.29) is 18.2 Å². The molecule has 4 rings (SSSR count). The first kappa shape index (κ1) is 21.3. The molecule has 0 fully saturated rings. The topological polar surface area (TPSA) is 34.1 Å². The van der Waals surface area contributed by atoms with Crippen molar-refractivity contribution in [1.82, 2.24) is 4.90 Å². The second kappa shape index (κ2) is 10.4. The molecule has 4 heteroatoms. The smallest absolute Gasteiger partial charge is 0.202 e. The minimum absolute atomic E-state index is 0.0356. The first-order chi connectivity index (χ1) is 15.2. The lowest BCUT2D eigenvalue weighted by atomic mass is 10.0. The van der Waals surface area contributed by atoms with E-state index in [1.165, 1.54) is 11.1 Å². The second-order valence-corrected chi connectivity index (χ2v) is 7.99. The molecule has 160 valence electrons. The predicted molar refractivity (Wildman–Crippen MR) is 125 cm³/mol. The Morgan fingerprint density at radius 1 is 0.839 bits per heavy atom. The van der Waals surface area contributed by atoms with Gasteiger partial charge in [-0.15, -0.1) is 0 Å². The van der Waals surface area contributed by atoms with Gasteiger partial charge in [-0.2, -0.15) is 0 Å². The van der Waals surface area contributed by atoms with Crippen LogP contribution < -0.4 is 0 Å². The standard InChI is InChI=1S/C27H30N2O2/c1-21(27-28-25(20-30-2)26(31-27)24-16-10-5-11-17-24)29(18-22-12-6-3-7-13-22)19-23-14-8-4-9-15-23/h3-17,21,25-26H,18-20H2,1-2H3/t21-,25-,26-/m0/s1. The molecule has 4 nitrogen and oxygen atoms in total. The normalized spacial score (nSPS) is 19.1. The van der Waals surface area contributed by atoms with Gasteiger partial charge in [0.25, 0.3) is 0 Å². The number of nitrogens with zero attached hydrogens (tertiary/aromatic N) is 2. The van der Waals surface area contributed by atoms with Crippen molar-refractivity contribution in [2.24, 2.45) is 4.99 Å². The molecule has 3 aromatic carbocycles. The van der Waals surface area contributed by atoms with Crippen LogP contribution in [0.2, 0.25) is 0 Å². The minimum atomic E-state index is -0.117. The van der Waals surface area contributed by atoms with Gasteiger partial charge in [-0.1, -0.05) is 91.0 Å². The number of hydrogen-bond acceptors (Lipinski definition) is 4. The van der Waals surface area contributed by atoms with Crippen molar-refractivity contribution < 1.29 is 9.47 Å². The highest BCUT2D eigenvalue weighted by Crippen LogP contribution is 2.31. The number of ether oxygens (including phenoxy) is 2. The summed E-state index contributed by atoms with van der Waals surface area (Å²) in [5, 5.41) is 0. The van der Waals surface area contributed by atoms with Crippen LogP contribution >= 0.6 is 0 Å². The Kier molecular flexibility index (Phi) is 7.13. The van der Waals surface area contributed by atoms with E-state index in [2.05, 4.69) is 84.6 Å². The average molecular weight is 415 g/mol. The molecular weight excluding hydrogens is 384 g/mol. The number of rotatable bonds is 9. The summed E-state index contributed by atoms with van der Waals surface area (Å²) in [5.74, 6) is 0.780. The summed E-state index contributed by atoms with van der Waals surface area (Å²) in [6, 6.07) is 31.4. The molecule has 0 amide bonds. The van der Waals surface area contributed by atoms with Gasteiger partial charge in [0.2, 0.25) is 5.90 Å². The third-order valence-corrected chi connectivity index (χ3v) is 5.72. The maximum atomic E-state index is 6.46. The first-order valence-electron chi connectivity index (χ1n) is 10.8. The van der Waals surface area contributed by atoms with E-state index in [1.54, 1.807) is 7.11 Å². The number of methoxy groups -OCH3 is 1. The van der Waals surface area contributed by atoms with E-state index in [0.717, 1.165) is 24.6 Å². The van der Waals surface area contributed by atoms with E-state index in [1.807, 2.05) is 18.2 Å². The van der Waals surface area contributed by atoms with Crippen molar-refractivity contribution in [2.75, 3.05) is 13.7 Å². The van der Waals surface area contributed by atoms with Gasteiger partial charge < -0.3 is 9.47 Å². The van der Waals surface area contributed by atoms with Crippen LogP contribution in [0.15, 0.2) is 96.0 Å². The molecule has 1 heterocycles. The van der Waals surface area contributed by atoms with E-state index >= 15 is 0 Å². The Labute approximate surface area is 185 Å². The lowest BCUT2D eigenvalue weighted by Crippen LogP contribution is -2.38. The molecule has 0 saturated heterocycles. The third-order valence-electron chi connectivity index (χ3n) is 5.72. The van der Waals surface area contributed by atoms with Gasteiger partial charge in [0, 0.05) is 20.2 Å². The van der Waals surface area contributed by atoms with Gasteiger partial charge in [0.05, 0.1) is 12.6 Å². The molecule has 31 heavy (non-hydrogen) atoms. The van der Waals surface area contributed by atoms with Crippen molar-refractivity contribution in [3.05, 3.63) is 108 Å². The fraction of sp³-hybridized carbons (Fsp3) is 0.296. The van der Waals surface area contributed by atoms with Crippen LogP contribution in [0.1, 0.15) is 29.7 Å². The summed E-state index contributed by atoms with van der Waals surface area (Å²) < 4.78 is 11.9. The van der Waals surface area contributed by atoms with Crippen molar-refractivity contribution >= 4 is 5.90 Å². The largest absolute Gasteiger partial charge is 0.469 e. The number of hydrogen-bond donors (Lipinski definition) is 0. The summed E-state index contributed by atoms with van der Waals surface area (Å²) >= 11 is 0. The SMILES string of the molecule is COC[C@@H]1N=C([C@H](C)N(Cc2ccccc2)Cc2ccccc2)O[C@H]1c1ccccc1. The Hall–Kier alpha value is -2.95. The second-order valence-electron chi connectivity index (χ2n) is 7.99. The van der Waals surface area contributed by atoms with Gasteiger partial charge in [-0.05, 0) is 23.6 Å². The van der Waals surface area contributed by atoms with Crippen molar-refractivity contribution in [2.45, 2.75) is 38.2 Å². The predicted octanol–water partition coefficient (Wildman–Crippen LogP) is 5.26. The first-order valence-corrected chi connectivity index (χ1v) is 10.8. The molecule has 0 saturated carbocycles. The quantitative estimate of drug-likeness (QED) is 0.479. The molecule has 0 aromatic heterocycles. The maximum absolute atomic E-state index is 6.46. The minimum Gasteiger partial charge on any atom is -0.469 e. The van der Waals surface area contributed by atoms with Crippen LogP contribution in [0, 0.1) is 0 Å². The van der Waals surface area contributed by atoms with E-state index in [4.69, 9.17) is 14.5 Å². The van der Waals surface area contributed by atoms with E-state index in [0.29, 0.717) is 6.61 Å². The molecule has 0 radical (unpaired) electrons. The Morgan fingerprint density at radius 3 is 1.87 bits per heavy atom. The lowest BCUT2D eigenvalue weighted by Gasteiger charge is -2.29. The van der Waals surface area contributed by atoms with Gasteiger partial charge in [-0.3, -0.25) is 4.90 Å². The van der Waals surface area contributed by atoms with Crippen LogP contribution in [-0.2, 0) is 22.6 Å². The van der Waals surface area contributed by atoms with Crippen LogP contribution in [0.4, 0.5) is 0 Å². The van der Waals surface area contributed by atoms with Gasteiger partial charge in [0.1, 0.15) is 12.1 Å². The number of aliphatic imine (C=N–C) groups is 1. The van der Waals surface area contributed by atoms with Crippen LogP contribution in [-0.4, -0.2) is 36.6 Å². The van der Waals surface area contributed by atoms with Crippen molar-refractivity contribution in [3.8, 4) is 0 Å². The van der Waals surface area contributed by atoms with Crippen molar-refractivity contribution in [3.63, 3.8) is 0 Å². The molecule has 0 spiro atoms. The van der Waals surface area contributed by atoms with Gasteiger partial charge in [0.15, 0.2) is 0 Å². The molecule has 3 atom stereocenters. The zero-order valence-corrected chi connectivity index (χ0v) is 18.2. The summed E-state index contributed by atoms with van der Waals surface area (Å²) in [6.45, 7) is 4.36. The Balaban J connectivity index is 1.57.